The van der Waals surface area contributed by atoms with Crippen molar-refractivity contribution in [3.8, 4) is 0 Å². The minimum atomic E-state index is 0.207. The first kappa shape index (κ1) is 12.0. The number of rotatable bonds is 2. The molecule has 0 fully saturated rings. The summed E-state index contributed by atoms with van der Waals surface area (Å²) in [4.78, 5) is 16.5. The molecule has 92 valence electrons. The lowest BCUT2D eigenvalue weighted by atomic mass is 10.4. The van der Waals surface area contributed by atoms with Crippen LogP contribution >= 0.6 is 0 Å². The Morgan fingerprint density at radius 3 is 2.56 bits per heavy atom. The summed E-state index contributed by atoms with van der Waals surface area (Å²) in [5.74, 6) is 1.18. The zero-order valence-electron chi connectivity index (χ0n) is 10.3. The molecule has 0 aliphatic rings. The van der Waals surface area contributed by atoms with E-state index in [1.807, 2.05) is 32.0 Å². The molecule has 0 bridgehead atoms. The molecular weight excluding hydrogens is 228 g/mol. The Labute approximate surface area is 105 Å². The van der Waals surface area contributed by atoms with Gasteiger partial charge in [0.05, 0.1) is 0 Å². The number of hydrogen-bond acceptors (Lipinski definition) is 4. The van der Waals surface area contributed by atoms with Gasteiger partial charge in [0, 0.05) is 17.6 Å². The van der Waals surface area contributed by atoms with Gasteiger partial charge in [0.25, 0.3) is 5.95 Å². The van der Waals surface area contributed by atoms with Gasteiger partial charge in [0.2, 0.25) is 5.96 Å². The number of hydrogen-bond donors (Lipinski definition) is 2. The fraction of sp³-hybridized carbons (Fsp3) is 0.167. The van der Waals surface area contributed by atoms with Crippen LogP contribution in [0.5, 0.6) is 0 Å². The molecule has 0 radical (unpaired) electrons. The minimum absolute atomic E-state index is 0.207. The normalized spacial score (nSPS) is 11.3. The van der Waals surface area contributed by atoms with E-state index >= 15 is 0 Å². The highest BCUT2D eigenvalue weighted by atomic mass is 15.2. The predicted octanol–water partition coefficient (Wildman–Crippen LogP) is 1.55. The number of aryl methyl sites for hydroxylation is 2. The van der Waals surface area contributed by atoms with Crippen LogP contribution < -0.4 is 11.1 Å². The first-order valence-corrected chi connectivity index (χ1v) is 5.48. The molecular formula is C12H14N6. The molecule has 0 aliphatic heterocycles. The van der Waals surface area contributed by atoms with Crippen molar-refractivity contribution in [3.63, 3.8) is 0 Å². The van der Waals surface area contributed by atoms with Gasteiger partial charge in [-0.1, -0.05) is 6.07 Å². The van der Waals surface area contributed by atoms with E-state index in [0.717, 1.165) is 11.4 Å². The van der Waals surface area contributed by atoms with Crippen LogP contribution in [0.15, 0.2) is 35.5 Å². The van der Waals surface area contributed by atoms with Crippen LogP contribution in [0.3, 0.4) is 0 Å². The van der Waals surface area contributed by atoms with Gasteiger partial charge in [-0.15, -0.1) is 0 Å². The fourth-order valence-corrected chi connectivity index (χ4v) is 1.46. The van der Waals surface area contributed by atoms with E-state index in [1.165, 1.54) is 0 Å². The van der Waals surface area contributed by atoms with Crippen LogP contribution in [-0.4, -0.2) is 20.9 Å². The van der Waals surface area contributed by atoms with E-state index in [0.29, 0.717) is 11.8 Å². The summed E-state index contributed by atoms with van der Waals surface area (Å²) < 4.78 is 0. The molecule has 2 aromatic heterocycles. The van der Waals surface area contributed by atoms with Gasteiger partial charge < -0.3 is 11.1 Å². The standard InChI is InChI=1S/C12H14N6/c1-8-7-9(2)16-12(15-8)18-11(13)17-10-5-3-4-6-14-10/h3-7H,1-2H3,(H3,13,14,15,16,17,18). The molecule has 6 nitrogen and oxygen atoms in total. The second-order valence-electron chi connectivity index (χ2n) is 3.79. The highest BCUT2D eigenvalue weighted by Crippen LogP contribution is 2.07. The minimum Gasteiger partial charge on any atom is -0.369 e. The quantitative estimate of drug-likeness (QED) is 0.616. The zero-order valence-corrected chi connectivity index (χ0v) is 10.3. The Hall–Kier alpha value is -2.50. The van der Waals surface area contributed by atoms with Crippen LogP contribution in [0.2, 0.25) is 0 Å². The Bertz CT molecular complexity index is 544. The summed E-state index contributed by atoms with van der Waals surface area (Å²) in [6.07, 6.45) is 1.67. The molecule has 2 rings (SSSR count). The maximum atomic E-state index is 5.76. The summed E-state index contributed by atoms with van der Waals surface area (Å²) in [6.45, 7) is 3.77. The molecule has 0 unspecified atom stereocenters. The highest BCUT2D eigenvalue weighted by molar-refractivity contribution is 5.92. The Kier molecular flexibility index (Phi) is 3.47. The van der Waals surface area contributed by atoms with Gasteiger partial charge in [-0.2, -0.15) is 4.99 Å². The molecule has 2 heterocycles. The summed E-state index contributed by atoms with van der Waals surface area (Å²) in [6, 6.07) is 7.35. The third kappa shape index (κ3) is 3.24. The van der Waals surface area contributed by atoms with Gasteiger partial charge in [0.15, 0.2) is 0 Å². The van der Waals surface area contributed by atoms with E-state index in [2.05, 4.69) is 25.3 Å². The maximum Gasteiger partial charge on any atom is 0.253 e. The van der Waals surface area contributed by atoms with Gasteiger partial charge in [-0.05, 0) is 32.0 Å². The Morgan fingerprint density at radius 2 is 1.94 bits per heavy atom. The van der Waals surface area contributed by atoms with Crippen molar-refractivity contribution in [2.75, 3.05) is 5.32 Å². The largest absolute Gasteiger partial charge is 0.369 e. The van der Waals surface area contributed by atoms with Gasteiger partial charge in [-0.3, -0.25) is 0 Å². The molecule has 18 heavy (non-hydrogen) atoms. The lowest BCUT2D eigenvalue weighted by molar-refractivity contribution is 1.04. The molecule has 0 saturated carbocycles. The van der Waals surface area contributed by atoms with Crippen molar-refractivity contribution in [2.24, 2.45) is 10.7 Å². The SMILES string of the molecule is Cc1cc(C)nc(/N=C(\N)Nc2ccccn2)n1. The van der Waals surface area contributed by atoms with Crippen LogP contribution in [0.4, 0.5) is 11.8 Å². The van der Waals surface area contributed by atoms with E-state index in [1.54, 1.807) is 12.3 Å². The topological polar surface area (TPSA) is 89.1 Å². The number of pyridine rings is 1. The molecule has 0 amide bonds. The highest BCUT2D eigenvalue weighted by Gasteiger charge is 2.00. The second kappa shape index (κ2) is 5.22. The fourth-order valence-electron chi connectivity index (χ4n) is 1.46. The third-order valence-electron chi connectivity index (χ3n) is 2.11. The number of nitrogens with two attached hydrogens (primary N) is 1. The van der Waals surface area contributed by atoms with Crippen molar-refractivity contribution in [1.82, 2.24) is 15.0 Å². The number of aliphatic imine (C=N–C) groups is 1. The number of anilines is 1. The number of nitrogens with one attached hydrogen (secondary N) is 1. The van der Waals surface area contributed by atoms with E-state index in [9.17, 15) is 0 Å². The van der Waals surface area contributed by atoms with Crippen LogP contribution in [0.25, 0.3) is 0 Å². The van der Waals surface area contributed by atoms with E-state index in [-0.39, 0.29) is 5.96 Å². The number of nitrogens with zero attached hydrogens (tertiary/aromatic N) is 4. The summed E-state index contributed by atoms with van der Waals surface area (Å²) >= 11 is 0. The molecule has 2 aromatic rings. The molecule has 3 N–H and O–H groups in total. The average molecular weight is 242 g/mol. The van der Waals surface area contributed by atoms with Crippen LogP contribution in [-0.2, 0) is 0 Å². The van der Waals surface area contributed by atoms with Crippen LogP contribution in [0, 0.1) is 13.8 Å². The first-order valence-electron chi connectivity index (χ1n) is 5.48. The lowest BCUT2D eigenvalue weighted by Gasteiger charge is -2.04. The average Bonchev–Trinajstić information content (AvgIpc) is 2.28. The molecule has 6 heteroatoms. The second-order valence-corrected chi connectivity index (χ2v) is 3.79. The van der Waals surface area contributed by atoms with Crippen molar-refractivity contribution >= 4 is 17.7 Å². The summed E-state index contributed by atoms with van der Waals surface area (Å²) in [5, 5.41) is 2.87. The Balaban J connectivity index is 2.17. The van der Waals surface area contributed by atoms with Crippen molar-refractivity contribution < 1.29 is 0 Å². The maximum absolute atomic E-state index is 5.76. The lowest BCUT2D eigenvalue weighted by Crippen LogP contribution is -2.22. The number of aromatic nitrogens is 3. The van der Waals surface area contributed by atoms with Crippen LogP contribution in [0.1, 0.15) is 11.4 Å². The Morgan fingerprint density at radius 1 is 1.22 bits per heavy atom. The van der Waals surface area contributed by atoms with Crippen molar-refractivity contribution in [1.29, 1.82) is 0 Å². The predicted molar refractivity (Wildman–Crippen MR) is 70.6 cm³/mol. The van der Waals surface area contributed by atoms with Gasteiger partial charge in [-0.25, -0.2) is 15.0 Å². The van der Waals surface area contributed by atoms with E-state index in [4.69, 9.17) is 5.73 Å². The molecule has 0 aromatic carbocycles. The zero-order chi connectivity index (χ0) is 13.0. The van der Waals surface area contributed by atoms with E-state index < -0.39 is 0 Å². The summed E-state index contributed by atoms with van der Waals surface area (Å²) in [7, 11) is 0. The molecule has 0 spiro atoms. The van der Waals surface area contributed by atoms with Crippen molar-refractivity contribution in [3.05, 3.63) is 41.9 Å². The van der Waals surface area contributed by atoms with Gasteiger partial charge >= 0.3 is 0 Å². The monoisotopic (exact) mass is 242 g/mol. The van der Waals surface area contributed by atoms with Crippen molar-refractivity contribution in [2.45, 2.75) is 13.8 Å². The molecule has 0 saturated heterocycles. The third-order valence-corrected chi connectivity index (χ3v) is 2.11. The first-order chi connectivity index (χ1) is 8.63. The van der Waals surface area contributed by atoms with Gasteiger partial charge in [0.1, 0.15) is 5.82 Å². The molecule has 0 atom stereocenters. The number of guanidine groups is 1. The smallest absolute Gasteiger partial charge is 0.253 e. The summed E-state index contributed by atoms with van der Waals surface area (Å²) in [5.41, 5.74) is 7.46. The molecule has 0 aliphatic carbocycles.